The fourth-order valence-corrected chi connectivity index (χ4v) is 3.66. The molecule has 0 radical (unpaired) electrons. The van der Waals surface area contributed by atoms with Crippen LogP contribution in [0.25, 0.3) is 17.2 Å². The highest BCUT2D eigenvalue weighted by molar-refractivity contribution is 5.99. The van der Waals surface area contributed by atoms with Gasteiger partial charge in [0.05, 0.1) is 0 Å². The fourth-order valence-electron chi connectivity index (χ4n) is 3.66. The summed E-state index contributed by atoms with van der Waals surface area (Å²) in [7, 11) is 0. The Labute approximate surface area is 175 Å². The second-order valence-electron chi connectivity index (χ2n) is 6.93. The van der Waals surface area contributed by atoms with E-state index < -0.39 is 5.97 Å². The predicted octanol–water partition coefficient (Wildman–Crippen LogP) is 5.88. The Morgan fingerprint density at radius 3 is 2.30 bits per heavy atom. The van der Waals surface area contributed by atoms with Crippen LogP contribution in [-0.2, 0) is 4.79 Å². The van der Waals surface area contributed by atoms with E-state index in [1.54, 1.807) is 6.08 Å². The van der Waals surface area contributed by atoms with Crippen LogP contribution in [0, 0.1) is 0 Å². The molecular formula is C26H22O4. The van der Waals surface area contributed by atoms with Gasteiger partial charge in [0.25, 0.3) is 0 Å². The quantitative estimate of drug-likeness (QED) is 0.416. The Morgan fingerprint density at radius 2 is 1.60 bits per heavy atom. The summed E-state index contributed by atoms with van der Waals surface area (Å²) < 4.78 is 11.1. The zero-order valence-electron chi connectivity index (χ0n) is 16.7. The molecule has 30 heavy (non-hydrogen) atoms. The Hall–Kier alpha value is -3.79. The molecule has 0 aliphatic carbocycles. The zero-order chi connectivity index (χ0) is 20.9. The van der Waals surface area contributed by atoms with Gasteiger partial charge in [0.2, 0.25) is 6.79 Å². The van der Waals surface area contributed by atoms with Crippen LogP contribution in [0.5, 0.6) is 11.5 Å². The standard InChI is InChI=1S/C26H22O4/c1-2-22(19-6-4-3-5-7-19)26(21-13-14-23-24(16-21)30-17-29-23)20-11-8-18(9-12-20)10-15-25(27)28/h3-16H,2,17H2,1H3,(H,27,28). The van der Waals surface area contributed by atoms with Gasteiger partial charge in [-0.15, -0.1) is 0 Å². The maximum atomic E-state index is 10.8. The third kappa shape index (κ3) is 4.13. The van der Waals surface area contributed by atoms with E-state index in [1.807, 2.05) is 54.6 Å². The van der Waals surface area contributed by atoms with Crippen molar-refractivity contribution in [1.29, 1.82) is 0 Å². The molecular weight excluding hydrogens is 376 g/mol. The summed E-state index contributed by atoms with van der Waals surface area (Å²) in [5, 5.41) is 8.86. The van der Waals surface area contributed by atoms with E-state index >= 15 is 0 Å². The first kappa shape index (κ1) is 19.5. The molecule has 150 valence electrons. The van der Waals surface area contributed by atoms with Gasteiger partial charge in [0, 0.05) is 6.08 Å². The first-order chi connectivity index (χ1) is 14.7. The van der Waals surface area contributed by atoms with Crippen molar-refractivity contribution in [2.45, 2.75) is 13.3 Å². The van der Waals surface area contributed by atoms with E-state index in [4.69, 9.17) is 14.6 Å². The summed E-state index contributed by atoms with van der Waals surface area (Å²) in [5.41, 5.74) is 6.46. The lowest BCUT2D eigenvalue weighted by atomic mass is 9.88. The molecule has 0 saturated heterocycles. The van der Waals surface area contributed by atoms with Gasteiger partial charge < -0.3 is 14.6 Å². The van der Waals surface area contributed by atoms with Gasteiger partial charge in [0.15, 0.2) is 11.5 Å². The van der Waals surface area contributed by atoms with Crippen molar-refractivity contribution in [2.24, 2.45) is 0 Å². The largest absolute Gasteiger partial charge is 0.478 e. The van der Waals surface area contributed by atoms with Gasteiger partial charge in [-0.2, -0.15) is 0 Å². The highest BCUT2D eigenvalue weighted by Crippen LogP contribution is 2.39. The highest BCUT2D eigenvalue weighted by Gasteiger charge is 2.18. The summed E-state index contributed by atoms with van der Waals surface area (Å²) in [5.74, 6) is 0.539. The molecule has 3 aromatic carbocycles. The lowest BCUT2D eigenvalue weighted by molar-refractivity contribution is -0.131. The fraction of sp³-hybridized carbons (Fsp3) is 0.115. The maximum Gasteiger partial charge on any atom is 0.328 e. The Bertz CT molecular complexity index is 1110. The lowest BCUT2D eigenvalue weighted by Gasteiger charge is -2.17. The minimum absolute atomic E-state index is 0.238. The van der Waals surface area contributed by atoms with Crippen LogP contribution in [0.4, 0.5) is 0 Å². The van der Waals surface area contributed by atoms with Crippen LogP contribution >= 0.6 is 0 Å². The molecule has 0 spiro atoms. The van der Waals surface area contributed by atoms with E-state index in [1.165, 1.54) is 11.1 Å². The van der Waals surface area contributed by atoms with Gasteiger partial charge in [-0.05, 0) is 58.0 Å². The van der Waals surface area contributed by atoms with Crippen molar-refractivity contribution in [3.63, 3.8) is 0 Å². The van der Waals surface area contributed by atoms with Crippen molar-refractivity contribution >= 4 is 23.2 Å². The normalized spacial score (nSPS) is 13.4. The third-order valence-electron chi connectivity index (χ3n) is 5.06. The third-order valence-corrected chi connectivity index (χ3v) is 5.06. The summed E-state index contributed by atoms with van der Waals surface area (Å²) in [6.45, 7) is 2.39. The van der Waals surface area contributed by atoms with Crippen LogP contribution in [0.15, 0.2) is 78.9 Å². The van der Waals surface area contributed by atoms with Crippen LogP contribution in [0.1, 0.15) is 35.6 Å². The van der Waals surface area contributed by atoms with Gasteiger partial charge >= 0.3 is 5.97 Å². The molecule has 0 amide bonds. The number of carbonyl (C=O) groups is 1. The first-order valence-electron chi connectivity index (χ1n) is 9.85. The number of hydrogen-bond acceptors (Lipinski definition) is 3. The van der Waals surface area contributed by atoms with Crippen LogP contribution in [-0.4, -0.2) is 17.9 Å². The van der Waals surface area contributed by atoms with Crippen molar-refractivity contribution in [2.75, 3.05) is 6.79 Å². The van der Waals surface area contributed by atoms with E-state index in [2.05, 4.69) is 25.1 Å². The molecule has 0 saturated carbocycles. The second kappa shape index (κ2) is 8.70. The molecule has 1 aliphatic heterocycles. The second-order valence-corrected chi connectivity index (χ2v) is 6.93. The SMILES string of the molecule is CCC(=C(c1ccc(C=CC(=O)O)cc1)c1ccc2c(c1)OCO2)c1ccccc1. The minimum Gasteiger partial charge on any atom is -0.478 e. The number of carboxylic acid groups (broad SMARTS) is 1. The summed E-state index contributed by atoms with van der Waals surface area (Å²) in [6, 6.07) is 24.3. The van der Waals surface area contributed by atoms with Gasteiger partial charge in [-0.25, -0.2) is 4.79 Å². The summed E-state index contributed by atoms with van der Waals surface area (Å²) >= 11 is 0. The Kier molecular flexibility index (Phi) is 5.66. The number of rotatable bonds is 6. The summed E-state index contributed by atoms with van der Waals surface area (Å²) in [6.07, 6.45) is 3.59. The molecule has 4 nitrogen and oxygen atoms in total. The number of carboxylic acids is 1. The number of fused-ring (bicyclic) bond motifs is 1. The van der Waals surface area contributed by atoms with Gasteiger partial charge in [-0.1, -0.05) is 67.6 Å². The van der Waals surface area contributed by atoms with Crippen molar-refractivity contribution < 1.29 is 19.4 Å². The highest BCUT2D eigenvalue weighted by atomic mass is 16.7. The Balaban J connectivity index is 1.86. The van der Waals surface area contributed by atoms with Crippen molar-refractivity contribution in [3.05, 3.63) is 101 Å². The number of aliphatic carboxylic acids is 1. The molecule has 1 aliphatic rings. The van der Waals surface area contributed by atoms with E-state index in [-0.39, 0.29) is 6.79 Å². The average Bonchev–Trinajstić information content (AvgIpc) is 3.25. The molecule has 1 N–H and O–H groups in total. The number of hydrogen-bond donors (Lipinski definition) is 1. The molecule has 0 unspecified atom stereocenters. The monoisotopic (exact) mass is 398 g/mol. The molecule has 1 heterocycles. The zero-order valence-corrected chi connectivity index (χ0v) is 16.7. The van der Waals surface area contributed by atoms with Crippen LogP contribution < -0.4 is 9.47 Å². The molecule has 0 atom stereocenters. The minimum atomic E-state index is -0.961. The van der Waals surface area contributed by atoms with Gasteiger partial charge in [-0.3, -0.25) is 0 Å². The van der Waals surface area contributed by atoms with E-state index in [0.717, 1.165) is 46.3 Å². The van der Waals surface area contributed by atoms with Gasteiger partial charge in [0.1, 0.15) is 0 Å². The summed E-state index contributed by atoms with van der Waals surface area (Å²) in [4.78, 5) is 10.8. The maximum absolute atomic E-state index is 10.8. The van der Waals surface area contributed by atoms with Crippen LogP contribution in [0.2, 0.25) is 0 Å². The average molecular weight is 398 g/mol. The van der Waals surface area contributed by atoms with E-state index in [0.29, 0.717) is 0 Å². The number of ether oxygens (including phenoxy) is 2. The molecule has 3 aromatic rings. The van der Waals surface area contributed by atoms with Crippen molar-refractivity contribution in [1.82, 2.24) is 0 Å². The van der Waals surface area contributed by atoms with Crippen molar-refractivity contribution in [3.8, 4) is 11.5 Å². The lowest BCUT2D eigenvalue weighted by Crippen LogP contribution is -1.96. The van der Waals surface area contributed by atoms with E-state index in [9.17, 15) is 4.79 Å². The molecule has 0 fully saturated rings. The smallest absolute Gasteiger partial charge is 0.328 e. The molecule has 4 heteroatoms. The van der Waals surface area contributed by atoms with Crippen LogP contribution in [0.3, 0.4) is 0 Å². The molecule has 4 rings (SSSR count). The predicted molar refractivity (Wildman–Crippen MR) is 118 cm³/mol. The molecule has 0 aromatic heterocycles. The Morgan fingerprint density at radius 1 is 0.900 bits per heavy atom. The number of allylic oxidation sites excluding steroid dienone is 1. The molecule has 0 bridgehead atoms. The number of benzene rings is 3. The topological polar surface area (TPSA) is 55.8 Å². The first-order valence-corrected chi connectivity index (χ1v) is 9.85.